The van der Waals surface area contributed by atoms with Crippen LogP contribution >= 0.6 is 0 Å². The molecule has 5 amide bonds. The van der Waals surface area contributed by atoms with E-state index < -0.39 is 159 Å². The van der Waals surface area contributed by atoms with Gasteiger partial charge < -0.3 is 108 Å². The minimum atomic E-state index is -2.21. The fourth-order valence-corrected chi connectivity index (χ4v) is 12.8. The number of benzene rings is 8. The van der Waals surface area contributed by atoms with Crippen molar-refractivity contribution in [3.63, 3.8) is 0 Å². The first-order valence-corrected chi connectivity index (χ1v) is 37.7. The van der Waals surface area contributed by atoms with Crippen LogP contribution in [0, 0.1) is 0 Å². The molecule has 11 rings (SSSR count). The van der Waals surface area contributed by atoms with E-state index in [2.05, 4.69) is 26.6 Å². The predicted molar refractivity (Wildman–Crippen MR) is 417 cm³/mol. The Kier molecular flexibility index (Phi) is 31.2. The molecule has 1 aliphatic carbocycles. The van der Waals surface area contributed by atoms with Crippen LogP contribution in [0.15, 0.2) is 218 Å². The Labute approximate surface area is 678 Å². The van der Waals surface area contributed by atoms with E-state index in [9.17, 15) is 38.4 Å². The summed E-state index contributed by atoms with van der Waals surface area (Å²) >= 11 is 0. The number of nitrogens with one attached hydrogen (secondary N) is 5. The lowest BCUT2D eigenvalue weighted by Crippen LogP contribution is -2.70. The Bertz CT molecular complexity index is 4640. The van der Waals surface area contributed by atoms with Crippen molar-refractivity contribution in [3.05, 3.63) is 263 Å². The van der Waals surface area contributed by atoms with Gasteiger partial charge in [-0.15, -0.1) is 0 Å². The van der Waals surface area contributed by atoms with Crippen LogP contribution in [0.5, 0.6) is 23.0 Å². The maximum absolute atomic E-state index is 16.4. The summed E-state index contributed by atoms with van der Waals surface area (Å²) in [7, 11) is 5.99. The first kappa shape index (κ1) is 85.7. The van der Waals surface area contributed by atoms with Crippen LogP contribution in [-0.2, 0) is 92.9 Å². The molecule has 118 heavy (non-hydrogen) atoms. The first-order chi connectivity index (χ1) is 57.3. The fraction of sp³-hybridized carbons (Fsp3) is 0.326. The van der Waals surface area contributed by atoms with Gasteiger partial charge >= 0.3 is 48.3 Å². The maximum Gasteiger partial charge on any atom is 0.407 e. The summed E-state index contributed by atoms with van der Waals surface area (Å²) in [6.07, 6.45) is -21.0. The van der Waals surface area contributed by atoms with Gasteiger partial charge in [0.1, 0.15) is 80.4 Å². The number of rotatable bonds is 34. The van der Waals surface area contributed by atoms with Gasteiger partial charge in [-0.05, 0) is 139 Å². The van der Waals surface area contributed by atoms with Gasteiger partial charge in [-0.25, -0.2) is 38.4 Å². The van der Waals surface area contributed by atoms with Crippen LogP contribution < -0.4 is 51.3 Å². The van der Waals surface area contributed by atoms with Crippen molar-refractivity contribution >= 4 is 59.9 Å². The normalized spacial score (nSPS) is 20.9. The summed E-state index contributed by atoms with van der Waals surface area (Å²) in [6, 6.07) is 51.1. The maximum atomic E-state index is 16.4. The number of amides is 5. The second-order valence-electron chi connectivity index (χ2n) is 27.2. The summed E-state index contributed by atoms with van der Waals surface area (Å²) in [5, 5.41) is 13.5. The molecule has 0 radical (unpaired) electrons. The van der Waals surface area contributed by atoms with Crippen molar-refractivity contribution in [1.29, 1.82) is 0 Å². The molecule has 0 aromatic heterocycles. The fourth-order valence-electron chi connectivity index (χ4n) is 12.8. The highest BCUT2D eigenvalue weighted by Crippen LogP contribution is 2.35. The number of ketones is 1. The third-order valence-electron chi connectivity index (χ3n) is 19.1. The van der Waals surface area contributed by atoms with Gasteiger partial charge in [0.05, 0.1) is 68.9 Å². The van der Waals surface area contributed by atoms with Crippen LogP contribution in [0.4, 0.5) is 19.2 Å². The molecule has 8 aromatic rings. The average molecular weight is 1620 g/mol. The topological polar surface area (TPSA) is 405 Å². The van der Waals surface area contributed by atoms with Crippen LogP contribution in [-0.4, -0.2) is 188 Å². The molecule has 32 heteroatoms. The van der Waals surface area contributed by atoms with E-state index in [1.54, 1.807) is 158 Å². The predicted octanol–water partition coefficient (Wildman–Crippen LogP) is 9.17. The summed E-state index contributed by atoms with van der Waals surface area (Å²) in [6.45, 7) is -2.28. The zero-order valence-corrected chi connectivity index (χ0v) is 64.8. The number of alkyl carbamates (subject to hydrolysis) is 4. The molecule has 32 nitrogen and oxygen atoms in total. The highest BCUT2D eigenvalue weighted by Gasteiger charge is 2.56. The molecule has 0 unspecified atom stereocenters. The van der Waals surface area contributed by atoms with E-state index in [1.165, 1.54) is 89.1 Å². The molecular weight excluding hydrogens is 1530 g/mol. The molecule has 13 atom stereocenters. The average Bonchev–Trinajstić information content (AvgIpc) is 0.764. The van der Waals surface area contributed by atoms with Gasteiger partial charge in [0, 0.05) is 25.6 Å². The molecule has 3 fully saturated rings. The monoisotopic (exact) mass is 1620 g/mol. The van der Waals surface area contributed by atoms with Gasteiger partial charge in [-0.3, -0.25) is 9.59 Å². The Morgan fingerprint density at radius 2 is 0.839 bits per heavy atom. The number of ether oxygens (including phenoxy) is 16. The molecule has 620 valence electrons. The van der Waals surface area contributed by atoms with E-state index in [1.807, 2.05) is 0 Å². The Morgan fingerprint density at radius 1 is 0.424 bits per heavy atom. The number of carbonyl (C=O) groups excluding carboxylic acids is 10. The Morgan fingerprint density at radius 3 is 1.31 bits per heavy atom. The van der Waals surface area contributed by atoms with E-state index in [0.29, 0.717) is 45.3 Å². The van der Waals surface area contributed by atoms with Crippen LogP contribution in [0.25, 0.3) is 0 Å². The molecule has 0 bridgehead atoms. The number of nitrogens with two attached hydrogens (primary N) is 1. The number of esters is 4. The summed E-state index contributed by atoms with van der Waals surface area (Å²) in [5.41, 5.74) is 9.45. The minimum Gasteiger partial charge on any atom is -0.497 e. The van der Waals surface area contributed by atoms with Crippen molar-refractivity contribution in [2.24, 2.45) is 5.73 Å². The largest absolute Gasteiger partial charge is 0.497 e. The summed E-state index contributed by atoms with van der Waals surface area (Å²) < 4.78 is 95.2. The van der Waals surface area contributed by atoms with Crippen molar-refractivity contribution in [3.8, 4) is 23.0 Å². The van der Waals surface area contributed by atoms with Gasteiger partial charge in [0.25, 0.3) is 5.91 Å². The molecule has 3 aliphatic rings. The summed E-state index contributed by atoms with van der Waals surface area (Å²) in [5.74, 6) is -4.00. The zero-order valence-electron chi connectivity index (χ0n) is 64.8. The van der Waals surface area contributed by atoms with E-state index in [-0.39, 0.29) is 74.6 Å². The zero-order chi connectivity index (χ0) is 83.3. The number of hydrogen-bond donors (Lipinski definition) is 6. The molecule has 1 saturated carbocycles. The second kappa shape index (κ2) is 43.0. The van der Waals surface area contributed by atoms with Gasteiger partial charge in [-0.2, -0.15) is 0 Å². The number of methoxy groups -OCH3 is 4. The van der Waals surface area contributed by atoms with Crippen molar-refractivity contribution in [2.75, 3.05) is 48.1 Å². The third kappa shape index (κ3) is 24.7. The van der Waals surface area contributed by atoms with Crippen LogP contribution in [0.1, 0.15) is 89.4 Å². The smallest absolute Gasteiger partial charge is 0.407 e. The van der Waals surface area contributed by atoms with Gasteiger partial charge in [0.15, 0.2) is 36.7 Å². The molecule has 2 saturated heterocycles. The Balaban J connectivity index is 0.967. The molecule has 2 heterocycles. The second-order valence-corrected chi connectivity index (χ2v) is 27.2. The van der Waals surface area contributed by atoms with Crippen molar-refractivity contribution in [1.82, 2.24) is 26.6 Å². The lowest BCUT2D eigenvalue weighted by Gasteiger charge is -2.47. The first-order valence-electron chi connectivity index (χ1n) is 37.7. The number of Topliss-reactive ketones (excluding diaryl/α,β-unsaturated/α-hetero) is 1. The van der Waals surface area contributed by atoms with Gasteiger partial charge in [0.2, 0.25) is 0 Å². The van der Waals surface area contributed by atoms with Crippen molar-refractivity contribution < 1.29 is 124 Å². The van der Waals surface area contributed by atoms with Crippen molar-refractivity contribution in [2.45, 2.75) is 132 Å². The molecular formula is C86H90N6O26. The lowest BCUT2D eigenvalue weighted by atomic mass is 9.84. The van der Waals surface area contributed by atoms with E-state index >= 15 is 9.59 Å². The highest BCUT2D eigenvalue weighted by molar-refractivity contribution is 5.94. The summed E-state index contributed by atoms with van der Waals surface area (Å²) in [4.78, 5) is 145. The highest BCUT2D eigenvalue weighted by atomic mass is 16.7. The quantitative estimate of drug-likeness (QED) is 0.0162. The molecule has 0 spiro atoms. The van der Waals surface area contributed by atoms with Crippen LogP contribution in [0.2, 0.25) is 0 Å². The van der Waals surface area contributed by atoms with E-state index in [4.69, 9.17) is 81.5 Å². The van der Waals surface area contributed by atoms with E-state index in [0.717, 1.165) is 0 Å². The lowest BCUT2D eigenvalue weighted by molar-refractivity contribution is -0.292. The minimum absolute atomic E-state index is 0.0165. The van der Waals surface area contributed by atoms with Crippen LogP contribution in [0.3, 0.4) is 0 Å². The number of carbonyl (C=O) groups is 10. The Hall–Kier alpha value is -13.1. The third-order valence-corrected chi connectivity index (χ3v) is 19.1. The molecule has 7 N–H and O–H groups in total. The molecule has 8 aromatic carbocycles. The molecule has 2 aliphatic heterocycles. The number of hydrogen-bond acceptors (Lipinski definition) is 27. The van der Waals surface area contributed by atoms with Gasteiger partial charge in [-0.1, -0.05) is 121 Å². The standard InChI is InChI=1S/C86H90N6O26/c1-103-60-33-25-52(26-34-60)47-108-83(99)88-44-43-68(113-78(96)57-19-11-6-12-20-57)76(94)90-67-45-65(87)72(117-81-66(91-85(101)110-49-54-29-37-62(105-3)38-30-54)42-41-64(112-81)46-89-84(100)109-48-53-27-35-61(104-2)36-28-53)71(93)73(67)118-82-75(116-80(98)59-23-15-8-16-24-59)70(92-86(102)111-50-55-31-39-63(106-4)40-32-55)74(115-79(97)58-21-13-7-14-22-58)69(114-82)51-107-77(95)56-17-9-5-10-18-56/h5-40,64-70,72-75,81-82H,41-51,87H2,1-4H3,(H,88,99)(H,89,100)(H,90,94)(H,91,101)(H,92,102)/t64-,65-,66+,67+,68-,69+,70-,72+,73-,74+,75+,81+,82+/m0/s1. The SMILES string of the molecule is COc1ccc(COC(=O)NCC[C@H](OC(=O)c2ccccc2)C(=O)N[C@@H]2C[C@H](N)[C@@H](O[C@H]3O[C@H](CNC(=O)OCc4ccc(OC)cc4)CC[C@H]3NC(=O)OCc3ccc(OC)cc3)C(=O)[C@H]2O[C@H]2O[C@H](COC(=O)c3ccccc3)[C@@H](OC(=O)c3ccccc3)[C@H](NC(=O)OCc3ccc(OC)cc3)[C@H]2OC(=O)c2ccccc2)cc1.